The van der Waals surface area contributed by atoms with Crippen LogP contribution < -0.4 is 0 Å². The molecule has 0 N–H and O–H groups in total. The normalized spacial score (nSPS) is 13.2. The Labute approximate surface area is 92.5 Å². The van der Waals surface area contributed by atoms with E-state index in [1.54, 1.807) is 6.92 Å². The van der Waals surface area contributed by atoms with Gasteiger partial charge in [-0.3, -0.25) is 0 Å². The summed E-state index contributed by atoms with van der Waals surface area (Å²) in [6.07, 6.45) is 0.782. The van der Waals surface area contributed by atoms with E-state index in [-0.39, 0.29) is 0 Å². The summed E-state index contributed by atoms with van der Waals surface area (Å²) in [6, 6.07) is 6.44. The standard InChI is InChI=1S/C14H21F/c1-5-12-9-13(10(2)3)6-7-14(12)8-11(4)15/h6-7,9-11H,5,8H2,1-4H3. The molecule has 0 nitrogen and oxygen atoms in total. The zero-order valence-electron chi connectivity index (χ0n) is 10.2. The third-order valence-electron chi connectivity index (χ3n) is 2.78. The molecular weight excluding hydrogens is 187 g/mol. The molecule has 0 aliphatic heterocycles. The molecule has 15 heavy (non-hydrogen) atoms. The fraction of sp³-hybridized carbons (Fsp3) is 0.571. The van der Waals surface area contributed by atoms with Crippen molar-refractivity contribution >= 4 is 0 Å². The second kappa shape index (κ2) is 5.29. The van der Waals surface area contributed by atoms with Gasteiger partial charge in [0.15, 0.2) is 0 Å². The predicted octanol–water partition coefficient (Wildman–Crippen LogP) is 4.27. The van der Waals surface area contributed by atoms with Crippen molar-refractivity contribution in [1.29, 1.82) is 0 Å². The first-order valence-electron chi connectivity index (χ1n) is 5.80. The number of halogens is 1. The first-order valence-corrected chi connectivity index (χ1v) is 5.80. The molecule has 0 spiro atoms. The number of hydrogen-bond acceptors (Lipinski definition) is 0. The fourth-order valence-corrected chi connectivity index (χ4v) is 1.84. The maximum atomic E-state index is 13.0. The summed E-state index contributed by atoms with van der Waals surface area (Å²) in [5.74, 6) is 0.548. The lowest BCUT2D eigenvalue weighted by molar-refractivity contribution is 0.359. The minimum absolute atomic E-state index is 0.543. The summed E-state index contributed by atoms with van der Waals surface area (Å²) in [4.78, 5) is 0. The molecule has 0 amide bonds. The average molecular weight is 208 g/mol. The zero-order chi connectivity index (χ0) is 11.4. The summed E-state index contributed by atoms with van der Waals surface area (Å²) in [5, 5.41) is 0. The number of alkyl halides is 1. The predicted molar refractivity (Wildman–Crippen MR) is 64.2 cm³/mol. The van der Waals surface area contributed by atoms with Crippen LogP contribution in [0.25, 0.3) is 0 Å². The Hall–Kier alpha value is -0.850. The number of rotatable bonds is 4. The Morgan fingerprint density at radius 1 is 1.13 bits per heavy atom. The van der Waals surface area contributed by atoms with Crippen LogP contribution in [0.3, 0.4) is 0 Å². The van der Waals surface area contributed by atoms with E-state index in [2.05, 4.69) is 39.0 Å². The molecule has 1 atom stereocenters. The van der Waals surface area contributed by atoms with Gasteiger partial charge in [-0.1, -0.05) is 39.0 Å². The lowest BCUT2D eigenvalue weighted by atomic mass is 9.94. The van der Waals surface area contributed by atoms with Crippen LogP contribution in [0, 0.1) is 0 Å². The van der Waals surface area contributed by atoms with E-state index in [1.807, 2.05) is 0 Å². The molecular formula is C14H21F. The van der Waals surface area contributed by atoms with Gasteiger partial charge < -0.3 is 0 Å². The SMILES string of the molecule is CCc1cc(C(C)C)ccc1CC(C)F. The highest BCUT2D eigenvalue weighted by atomic mass is 19.1. The van der Waals surface area contributed by atoms with Gasteiger partial charge in [0.05, 0.1) is 0 Å². The Kier molecular flexibility index (Phi) is 4.31. The number of benzene rings is 1. The molecule has 0 aromatic heterocycles. The van der Waals surface area contributed by atoms with Gasteiger partial charge in [-0.25, -0.2) is 4.39 Å². The monoisotopic (exact) mass is 208 g/mol. The Morgan fingerprint density at radius 3 is 2.27 bits per heavy atom. The van der Waals surface area contributed by atoms with Gasteiger partial charge in [-0.05, 0) is 36.0 Å². The van der Waals surface area contributed by atoms with Crippen molar-refractivity contribution in [3.05, 3.63) is 34.9 Å². The van der Waals surface area contributed by atoms with Gasteiger partial charge in [0, 0.05) is 6.42 Å². The van der Waals surface area contributed by atoms with Crippen LogP contribution in [0.1, 0.15) is 50.3 Å². The highest BCUT2D eigenvalue weighted by Gasteiger charge is 2.07. The van der Waals surface area contributed by atoms with Gasteiger partial charge in [-0.15, -0.1) is 0 Å². The van der Waals surface area contributed by atoms with Gasteiger partial charge in [0.1, 0.15) is 6.17 Å². The summed E-state index contributed by atoms with van der Waals surface area (Å²) in [7, 11) is 0. The molecule has 0 bridgehead atoms. The van der Waals surface area contributed by atoms with Crippen molar-refractivity contribution in [3.8, 4) is 0 Å². The molecule has 0 aliphatic carbocycles. The van der Waals surface area contributed by atoms with E-state index in [4.69, 9.17) is 0 Å². The van der Waals surface area contributed by atoms with E-state index in [0.717, 1.165) is 12.0 Å². The third kappa shape index (κ3) is 3.33. The van der Waals surface area contributed by atoms with Crippen molar-refractivity contribution in [2.24, 2.45) is 0 Å². The van der Waals surface area contributed by atoms with Crippen molar-refractivity contribution in [1.82, 2.24) is 0 Å². The highest BCUT2D eigenvalue weighted by Crippen LogP contribution is 2.21. The first kappa shape index (κ1) is 12.2. The molecule has 1 unspecified atom stereocenters. The summed E-state index contributed by atoms with van der Waals surface area (Å²) < 4.78 is 13.0. The smallest absolute Gasteiger partial charge is 0.101 e. The Bertz CT molecular complexity index is 313. The van der Waals surface area contributed by atoms with Crippen LogP contribution in [-0.2, 0) is 12.8 Å². The maximum absolute atomic E-state index is 13.0. The second-order valence-electron chi connectivity index (χ2n) is 4.52. The molecule has 1 rings (SSSR count). The second-order valence-corrected chi connectivity index (χ2v) is 4.52. The molecule has 1 heteroatoms. The van der Waals surface area contributed by atoms with Crippen LogP contribution in [0.4, 0.5) is 4.39 Å². The van der Waals surface area contributed by atoms with Crippen molar-refractivity contribution in [2.75, 3.05) is 0 Å². The van der Waals surface area contributed by atoms with Crippen LogP contribution in [-0.4, -0.2) is 6.17 Å². The molecule has 1 aromatic carbocycles. The average Bonchev–Trinajstić information content (AvgIpc) is 2.17. The molecule has 0 saturated carbocycles. The van der Waals surface area contributed by atoms with Gasteiger partial charge in [0.25, 0.3) is 0 Å². The minimum Gasteiger partial charge on any atom is -0.247 e. The van der Waals surface area contributed by atoms with E-state index < -0.39 is 6.17 Å². The highest BCUT2D eigenvalue weighted by molar-refractivity contribution is 5.34. The molecule has 0 heterocycles. The Balaban J connectivity index is 2.98. The van der Waals surface area contributed by atoms with Crippen molar-refractivity contribution < 1.29 is 4.39 Å². The van der Waals surface area contributed by atoms with Crippen LogP contribution in [0.2, 0.25) is 0 Å². The lowest BCUT2D eigenvalue weighted by Crippen LogP contribution is -2.03. The quantitative estimate of drug-likeness (QED) is 0.693. The van der Waals surface area contributed by atoms with Crippen molar-refractivity contribution in [2.45, 2.75) is 52.6 Å². The fourth-order valence-electron chi connectivity index (χ4n) is 1.84. The van der Waals surface area contributed by atoms with Crippen LogP contribution >= 0.6 is 0 Å². The lowest BCUT2D eigenvalue weighted by Gasteiger charge is -2.13. The zero-order valence-corrected chi connectivity index (χ0v) is 10.2. The van der Waals surface area contributed by atoms with E-state index in [9.17, 15) is 4.39 Å². The van der Waals surface area contributed by atoms with Gasteiger partial charge in [0.2, 0.25) is 0 Å². The number of aryl methyl sites for hydroxylation is 1. The summed E-state index contributed by atoms with van der Waals surface area (Å²) in [6.45, 7) is 8.13. The summed E-state index contributed by atoms with van der Waals surface area (Å²) >= 11 is 0. The first-order chi connectivity index (χ1) is 7.04. The van der Waals surface area contributed by atoms with E-state index in [1.165, 1.54) is 11.1 Å². The molecule has 84 valence electrons. The van der Waals surface area contributed by atoms with Crippen LogP contribution in [0.5, 0.6) is 0 Å². The topological polar surface area (TPSA) is 0 Å². The largest absolute Gasteiger partial charge is 0.247 e. The molecule has 0 aliphatic rings. The third-order valence-corrected chi connectivity index (χ3v) is 2.78. The molecule has 0 saturated heterocycles. The van der Waals surface area contributed by atoms with Gasteiger partial charge >= 0.3 is 0 Å². The van der Waals surface area contributed by atoms with Gasteiger partial charge in [-0.2, -0.15) is 0 Å². The van der Waals surface area contributed by atoms with Crippen LogP contribution in [0.15, 0.2) is 18.2 Å². The Morgan fingerprint density at radius 2 is 1.80 bits per heavy atom. The van der Waals surface area contributed by atoms with Crippen molar-refractivity contribution in [3.63, 3.8) is 0 Å². The molecule has 1 aromatic rings. The number of hydrogen-bond donors (Lipinski definition) is 0. The maximum Gasteiger partial charge on any atom is 0.101 e. The summed E-state index contributed by atoms with van der Waals surface area (Å²) in [5.41, 5.74) is 3.81. The van der Waals surface area contributed by atoms with E-state index >= 15 is 0 Å². The van der Waals surface area contributed by atoms with E-state index in [0.29, 0.717) is 12.3 Å². The minimum atomic E-state index is -0.750. The molecule has 0 fully saturated rings. The molecule has 0 radical (unpaired) electrons.